The van der Waals surface area contributed by atoms with Crippen LogP contribution in [0.15, 0.2) is 18.2 Å². The van der Waals surface area contributed by atoms with E-state index in [-0.39, 0.29) is 12.7 Å². The Labute approximate surface area is 121 Å². The van der Waals surface area contributed by atoms with Crippen LogP contribution in [0, 0.1) is 3.57 Å². The highest BCUT2D eigenvalue weighted by Crippen LogP contribution is 2.28. The SMILES string of the molecule is Nc1cc(I)ccc1N1CCC(OCCO)CC1. The molecule has 100 valence electrons. The van der Waals surface area contributed by atoms with Gasteiger partial charge < -0.3 is 20.5 Å². The van der Waals surface area contributed by atoms with E-state index in [9.17, 15) is 0 Å². The van der Waals surface area contributed by atoms with Crippen molar-refractivity contribution in [2.75, 3.05) is 36.9 Å². The molecule has 0 spiro atoms. The van der Waals surface area contributed by atoms with Gasteiger partial charge in [-0.25, -0.2) is 0 Å². The summed E-state index contributed by atoms with van der Waals surface area (Å²) >= 11 is 2.27. The number of hydrogen-bond donors (Lipinski definition) is 2. The fourth-order valence-electron chi connectivity index (χ4n) is 2.30. The maximum absolute atomic E-state index is 8.74. The second-order valence-corrected chi connectivity index (χ2v) is 5.73. The van der Waals surface area contributed by atoms with Gasteiger partial charge in [-0.15, -0.1) is 0 Å². The zero-order valence-corrected chi connectivity index (χ0v) is 12.5. The second-order valence-electron chi connectivity index (χ2n) is 4.48. The van der Waals surface area contributed by atoms with Crippen LogP contribution in [-0.2, 0) is 4.74 Å². The molecule has 1 fully saturated rings. The lowest BCUT2D eigenvalue weighted by Gasteiger charge is -2.34. The van der Waals surface area contributed by atoms with E-state index in [0.29, 0.717) is 6.61 Å². The van der Waals surface area contributed by atoms with Gasteiger partial charge in [0.2, 0.25) is 0 Å². The molecule has 1 aromatic carbocycles. The Bertz CT molecular complexity index is 393. The number of nitrogen functional groups attached to an aromatic ring is 1. The van der Waals surface area contributed by atoms with Gasteiger partial charge in [-0.05, 0) is 53.6 Å². The Hall–Kier alpha value is -0.530. The van der Waals surface area contributed by atoms with Crippen LogP contribution in [0.25, 0.3) is 0 Å². The number of ether oxygens (including phenoxy) is 1. The normalized spacial score (nSPS) is 17.1. The summed E-state index contributed by atoms with van der Waals surface area (Å²) in [5, 5.41) is 8.74. The Balaban J connectivity index is 1.93. The van der Waals surface area contributed by atoms with Gasteiger partial charge in [-0.1, -0.05) is 0 Å². The molecule has 1 aliphatic heterocycles. The lowest BCUT2D eigenvalue weighted by molar-refractivity contribution is 0.0159. The fraction of sp³-hybridized carbons (Fsp3) is 0.538. The number of halogens is 1. The van der Waals surface area contributed by atoms with E-state index in [1.54, 1.807) is 0 Å². The lowest BCUT2D eigenvalue weighted by Crippen LogP contribution is -2.37. The standard InChI is InChI=1S/C13H19IN2O2/c14-10-1-2-13(12(15)9-10)16-5-3-11(4-6-16)18-8-7-17/h1-2,9,11,17H,3-8,15H2. The first-order valence-electron chi connectivity index (χ1n) is 6.23. The van der Waals surface area contributed by atoms with Crippen LogP contribution in [0.1, 0.15) is 12.8 Å². The van der Waals surface area contributed by atoms with E-state index in [4.69, 9.17) is 15.6 Å². The largest absolute Gasteiger partial charge is 0.397 e. The molecule has 0 unspecified atom stereocenters. The zero-order chi connectivity index (χ0) is 13.0. The minimum absolute atomic E-state index is 0.101. The number of aliphatic hydroxyl groups is 1. The summed E-state index contributed by atoms with van der Waals surface area (Å²) in [5.41, 5.74) is 8.02. The van der Waals surface area contributed by atoms with Crippen molar-refractivity contribution in [2.45, 2.75) is 18.9 Å². The molecule has 1 heterocycles. The molecule has 0 saturated carbocycles. The molecule has 0 amide bonds. The monoisotopic (exact) mass is 362 g/mol. The Kier molecular flexibility index (Phi) is 5.08. The molecular weight excluding hydrogens is 343 g/mol. The van der Waals surface area contributed by atoms with Gasteiger partial charge in [0.05, 0.1) is 30.7 Å². The number of piperidine rings is 1. The van der Waals surface area contributed by atoms with Crippen molar-refractivity contribution in [3.8, 4) is 0 Å². The molecule has 1 aromatic rings. The highest BCUT2D eigenvalue weighted by atomic mass is 127. The molecule has 4 nitrogen and oxygen atoms in total. The van der Waals surface area contributed by atoms with Crippen LogP contribution in [0.5, 0.6) is 0 Å². The molecule has 18 heavy (non-hydrogen) atoms. The van der Waals surface area contributed by atoms with Gasteiger partial charge >= 0.3 is 0 Å². The molecular formula is C13H19IN2O2. The fourth-order valence-corrected chi connectivity index (χ4v) is 2.81. The Morgan fingerprint density at radius 1 is 1.39 bits per heavy atom. The maximum atomic E-state index is 8.74. The highest BCUT2D eigenvalue weighted by Gasteiger charge is 2.20. The van der Waals surface area contributed by atoms with Crippen molar-refractivity contribution in [3.05, 3.63) is 21.8 Å². The summed E-state index contributed by atoms with van der Waals surface area (Å²) in [7, 11) is 0. The van der Waals surface area contributed by atoms with Crippen molar-refractivity contribution < 1.29 is 9.84 Å². The smallest absolute Gasteiger partial charge is 0.0701 e. The third-order valence-corrected chi connectivity index (χ3v) is 3.89. The van der Waals surface area contributed by atoms with Gasteiger partial charge in [0.15, 0.2) is 0 Å². The molecule has 0 aromatic heterocycles. The number of nitrogens with zero attached hydrogens (tertiary/aromatic N) is 1. The second kappa shape index (κ2) is 6.58. The van der Waals surface area contributed by atoms with E-state index in [1.807, 2.05) is 6.07 Å². The van der Waals surface area contributed by atoms with Crippen molar-refractivity contribution in [3.63, 3.8) is 0 Å². The van der Waals surface area contributed by atoms with Gasteiger partial charge in [-0.2, -0.15) is 0 Å². The Morgan fingerprint density at radius 3 is 2.72 bits per heavy atom. The molecule has 5 heteroatoms. The third kappa shape index (κ3) is 3.49. The van der Waals surface area contributed by atoms with E-state index >= 15 is 0 Å². The summed E-state index contributed by atoms with van der Waals surface area (Å²) in [6, 6.07) is 6.18. The summed E-state index contributed by atoms with van der Waals surface area (Å²) in [6.07, 6.45) is 2.26. The number of rotatable bonds is 4. The number of anilines is 2. The van der Waals surface area contributed by atoms with Crippen LogP contribution >= 0.6 is 22.6 Å². The van der Waals surface area contributed by atoms with Crippen LogP contribution in [-0.4, -0.2) is 37.5 Å². The van der Waals surface area contributed by atoms with Crippen LogP contribution < -0.4 is 10.6 Å². The summed E-state index contributed by atoms with van der Waals surface area (Å²) in [6.45, 7) is 2.46. The molecule has 1 aliphatic rings. The average Bonchev–Trinajstić information content (AvgIpc) is 2.37. The first-order valence-corrected chi connectivity index (χ1v) is 7.31. The molecule has 1 saturated heterocycles. The predicted molar refractivity (Wildman–Crippen MR) is 81.8 cm³/mol. The topological polar surface area (TPSA) is 58.7 Å². The quantitative estimate of drug-likeness (QED) is 0.634. The summed E-state index contributed by atoms with van der Waals surface area (Å²) < 4.78 is 6.72. The third-order valence-electron chi connectivity index (χ3n) is 3.22. The molecule has 0 atom stereocenters. The number of aliphatic hydroxyl groups excluding tert-OH is 1. The average molecular weight is 362 g/mol. The van der Waals surface area contributed by atoms with Gasteiger partial charge in [-0.3, -0.25) is 0 Å². The van der Waals surface area contributed by atoms with Crippen molar-refractivity contribution >= 4 is 34.0 Å². The van der Waals surface area contributed by atoms with Crippen LogP contribution in [0.3, 0.4) is 0 Å². The van der Waals surface area contributed by atoms with Gasteiger partial charge in [0, 0.05) is 16.7 Å². The Morgan fingerprint density at radius 2 is 2.11 bits per heavy atom. The van der Waals surface area contributed by atoms with Gasteiger partial charge in [0.1, 0.15) is 0 Å². The zero-order valence-electron chi connectivity index (χ0n) is 10.3. The van der Waals surface area contributed by atoms with Crippen LogP contribution in [0.2, 0.25) is 0 Å². The summed E-state index contributed by atoms with van der Waals surface area (Å²) in [5.74, 6) is 0. The highest BCUT2D eigenvalue weighted by molar-refractivity contribution is 14.1. The molecule has 2 rings (SSSR count). The lowest BCUT2D eigenvalue weighted by atomic mass is 10.1. The number of benzene rings is 1. The maximum Gasteiger partial charge on any atom is 0.0701 e. The summed E-state index contributed by atoms with van der Waals surface area (Å²) in [4.78, 5) is 2.31. The van der Waals surface area contributed by atoms with Crippen LogP contribution in [0.4, 0.5) is 11.4 Å². The predicted octanol–water partition coefficient (Wildman–Crippen LogP) is 1.85. The van der Waals surface area contributed by atoms with E-state index in [0.717, 1.165) is 40.9 Å². The van der Waals surface area contributed by atoms with Crippen molar-refractivity contribution in [2.24, 2.45) is 0 Å². The minimum Gasteiger partial charge on any atom is -0.397 e. The van der Waals surface area contributed by atoms with E-state index in [1.165, 1.54) is 0 Å². The van der Waals surface area contributed by atoms with Crippen molar-refractivity contribution in [1.29, 1.82) is 0 Å². The van der Waals surface area contributed by atoms with Crippen molar-refractivity contribution in [1.82, 2.24) is 0 Å². The minimum atomic E-state index is 0.101. The molecule has 0 radical (unpaired) electrons. The number of hydrogen-bond acceptors (Lipinski definition) is 4. The van der Waals surface area contributed by atoms with Gasteiger partial charge in [0.25, 0.3) is 0 Å². The first kappa shape index (κ1) is 13.9. The van der Waals surface area contributed by atoms with E-state index < -0.39 is 0 Å². The molecule has 0 bridgehead atoms. The number of nitrogens with two attached hydrogens (primary N) is 1. The molecule has 3 N–H and O–H groups in total. The first-order chi connectivity index (χ1) is 8.70. The van der Waals surface area contributed by atoms with E-state index in [2.05, 4.69) is 39.6 Å². The molecule has 0 aliphatic carbocycles.